The summed E-state index contributed by atoms with van der Waals surface area (Å²) in [6.45, 7) is 6.60. The summed E-state index contributed by atoms with van der Waals surface area (Å²) in [6.07, 6.45) is 7.09. The van der Waals surface area contributed by atoms with Gasteiger partial charge in [-0.1, -0.05) is 51.8 Å². The summed E-state index contributed by atoms with van der Waals surface area (Å²) < 4.78 is 30.6. The first-order valence-corrected chi connectivity index (χ1v) is 10.9. The second-order valence-electron chi connectivity index (χ2n) is 8.47. The van der Waals surface area contributed by atoms with E-state index in [2.05, 4.69) is 0 Å². The predicted octanol–water partition coefficient (Wildman–Crippen LogP) is 4.05. The number of hydrogen-bond acceptors (Lipinski definition) is 3. The fraction of sp³-hybridized carbons (Fsp3) is 0.550. The number of hydrogen-bond donors (Lipinski definition) is 0. The maximum atomic E-state index is 13.6. The molecule has 6 heteroatoms. The van der Waals surface area contributed by atoms with Gasteiger partial charge in [-0.3, -0.25) is 8.99 Å². The largest absolute Gasteiger partial charge is 0.268 e. The van der Waals surface area contributed by atoms with Crippen LogP contribution >= 0.6 is 0 Å². The molecule has 1 fully saturated rings. The fourth-order valence-electron chi connectivity index (χ4n) is 4.12. The molecule has 5 nitrogen and oxygen atoms in total. The van der Waals surface area contributed by atoms with Crippen LogP contribution in [0.15, 0.2) is 35.4 Å². The molecule has 0 amide bonds. The van der Waals surface area contributed by atoms with Crippen LogP contribution in [-0.2, 0) is 21.9 Å². The van der Waals surface area contributed by atoms with Crippen LogP contribution in [0, 0.1) is 0 Å². The summed E-state index contributed by atoms with van der Waals surface area (Å²) in [5, 5.41) is 4.77. The molecule has 4 rings (SSSR count). The Labute approximate surface area is 156 Å². The molecule has 1 aromatic carbocycles. The van der Waals surface area contributed by atoms with E-state index in [9.17, 15) is 8.42 Å². The third-order valence-corrected chi connectivity index (χ3v) is 7.33. The molecule has 0 saturated heterocycles. The normalized spacial score (nSPS) is 18.5. The monoisotopic (exact) mass is 373 g/mol. The first kappa shape index (κ1) is 17.6. The van der Waals surface area contributed by atoms with Gasteiger partial charge in [0.05, 0.1) is 17.4 Å². The Hall–Kier alpha value is -1.82. The molecule has 2 aromatic rings. The molecule has 0 spiro atoms. The highest BCUT2D eigenvalue weighted by Gasteiger charge is 2.37. The smallest absolute Gasteiger partial charge is 0.267 e. The van der Waals surface area contributed by atoms with Crippen molar-refractivity contribution >= 4 is 15.7 Å². The van der Waals surface area contributed by atoms with Crippen LogP contribution in [0.1, 0.15) is 63.8 Å². The van der Waals surface area contributed by atoms with Gasteiger partial charge in [-0.25, -0.2) is 8.42 Å². The number of aromatic nitrogens is 2. The average Bonchev–Trinajstić information content (AvgIpc) is 3.31. The molecule has 2 aliphatic rings. The van der Waals surface area contributed by atoms with Crippen LogP contribution in [0.3, 0.4) is 0 Å². The van der Waals surface area contributed by atoms with Crippen LogP contribution in [-0.4, -0.2) is 24.7 Å². The van der Waals surface area contributed by atoms with Crippen LogP contribution in [0.25, 0.3) is 0 Å². The number of rotatable bonds is 3. The summed E-state index contributed by atoms with van der Waals surface area (Å²) in [5.41, 5.74) is 2.25. The van der Waals surface area contributed by atoms with Crippen molar-refractivity contribution < 1.29 is 8.42 Å². The van der Waals surface area contributed by atoms with E-state index in [0.717, 1.165) is 30.5 Å². The zero-order chi connectivity index (χ0) is 18.5. The van der Waals surface area contributed by atoms with Gasteiger partial charge in [0.1, 0.15) is 4.90 Å². The van der Waals surface area contributed by atoms with Crippen molar-refractivity contribution in [2.24, 2.45) is 0 Å². The minimum absolute atomic E-state index is 0.325. The lowest BCUT2D eigenvalue weighted by atomic mass is 9.92. The number of anilines is 1. The second-order valence-corrected chi connectivity index (χ2v) is 10.3. The molecule has 0 bridgehead atoms. The van der Waals surface area contributed by atoms with E-state index >= 15 is 0 Å². The van der Waals surface area contributed by atoms with E-state index in [1.54, 1.807) is 10.5 Å². The summed E-state index contributed by atoms with van der Waals surface area (Å²) in [6, 6.07) is 8.11. The van der Waals surface area contributed by atoms with E-state index < -0.39 is 10.0 Å². The quantitative estimate of drug-likeness (QED) is 0.816. The van der Waals surface area contributed by atoms with Crippen molar-refractivity contribution in [2.75, 3.05) is 10.8 Å². The van der Waals surface area contributed by atoms with E-state index in [-0.39, 0.29) is 5.41 Å². The maximum Gasteiger partial charge on any atom is 0.267 e. The van der Waals surface area contributed by atoms with Gasteiger partial charge >= 0.3 is 0 Å². The highest BCUT2D eigenvalue weighted by atomic mass is 32.2. The lowest BCUT2D eigenvalue weighted by Crippen LogP contribution is -2.31. The van der Waals surface area contributed by atoms with E-state index in [1.165, 1.54) is 12.8 Å². The Kier molecular flexibility index (Phi) is 4.14. The minimum atomic E-state index is -3.62. The fourth-order valence-corrected chi connectivity index (χ4v) is 5.95. The lowest BCUT2D eigenvalue weighted by molar-refractivity contribution is 0.448. The van der Waals surface area contributed by atoms with Gasteiger partial charge in [0, 0.05) is 18.2 Å². The molecule has 1 aliphatic heterocycles. The molecule has 0 N–H and O–H groups in total. The van der Waals surface area contributed by atoms with Crippen molar-refractivity contribution in [3.8, 4) is 0 Å². The number of nitrogens with zero attached hydrogens (tertiary/aromatic N) is 3. The predicted molar refractivity (Wildman–Crippen MR) is 103 cm³/mol. The highest BCUT2D eigenvalue weighted by molar-refractivity contribution is 7.93. The van der Waals surface area contributed by atoms with E-state index in [4.69, 9.17) is 5.10 Å². The molecule has 140 valence electrons. The Bertz CT molecular complexity index is 919. The van der Waals surface area contributed by atoms with Gasteiger partial charge in [-0.15, -0.1) is 0 Å². The third kappa shape index (κ3) is 2.84. The molecule has 1 aliphatic carbocycles. The highest BCUT2D eigenvalue weighted by Crippen LogP contribution is 2.38. The van der Waals surface area contributed by atoms with Crippen LogP contribution in [0.5, 0.6) is 0 Å². The van der Waals surface area contributed by atoms with Gasteiger partial charge < -0.3 is 0 Å². The number of sulfonamides is 1. The molecule has 1 aromatic heterocycles. The van der Waals surface area contributed by atoms with Gasteiger partial charge in [0.15, 0.2) is 0 Å². The van der Waals surface area contributed by atoms with E-state index in [1.807, 2.05) is 49.7 Å². The first-order chi connectivity index (χ1) is 12.3. The Balaban J connectivity index is 1.81. The Morgan fingerprint density at radius 1 is 1.12 bits per heavy atom. The molecular weight excluding hydrogens is 346 g/mol. The number of benzene rings is 1. The molecule has 0 atom stereocenters. The molecule has 0 unspecified atom stereocenters. The Morgan fingerprint density at radius 3 is 2.50 bits per heavy atom. The van der Waals surface area contributed by atoms with Crippen molar-refractivity contribution in [3.63, 3.8) is 0 Å². The summed E-state index contributed by atoms with van der Waals surface area (Å²) in [4.78, 5) is 0.369. The third-order valence-electron chi connectivity index (χ3n) is 5.52. The summed E-state index contributed by atoms with van der Waals surface area (Å²) in [5.74, 6) is 0. The SMILES string of the molecule is CC(C)(C)c1nn(C2CCCC2)cc1S(=O)(=O)N1CCc2ccccc21. The van der Waals surface area contributed by atoms with Gasteiger partial charge in [0.25, 0.3) is 10.0 Å². The molecule has 1 saturated carbocycles. The number of para-hydroxylation sites is 1. The zero-order valence-corrected chi connectivity index (χ0v) is 16.6. The lowest BCUT2D eigenvalue weighted by Gasteiger charge is -2.22. The van der Waals surface area contributed by atoms with Gasteiger partial charge in [-0.05, 0) is 30.9 Å². The Morgan fingerprint density at radius 2 is 1.81 bits per heavy atom. The maximum absolute atomic E-state index is 13.6. The molecule has 0 radical (unpaired) electrons. The second kappa shape index (κ2) is 6.12. The van der Waals surface area contributed by atoms with Crippen molar-refractivity contribution in [3.05, 3.63) is 41.7 Å². The zero-order valence-electron chi connectivity index (χ0n) is 15.8. The molecule has 26 heavy (non-hydrogen) atoms. The molecular formula is C20H27N3O2S. The van der Waals surface area contributed by atoms with E-state index in [0.29, 0.717) is 23.2 Å². The van der Waals surface area contributed by atoms with Gasteiger partial charge in [0.2, 0.25) is 0 Å². The van der Waals surface area contributed by atoms with Crippen LogP contribution in [0.2, 0.25) is 0 Å². The van der Waals surface area contributed by atoms with Crippen LogP contribution < -0.4 is 4.31 Å². The number of fused-ring (bicyclic) bond motifs is 1. The topological polar surface area (TPSA) is 55.2 Å². The van der Waals surface area contributed by atoms with Crippen LogP contribution in [0.4, 0.5) is 5.69 Å². The van der Waals surface area contributed by atoms with Gasteiger partial charge in [-0.2, -0.15) is 5.10 Å². The molecule has 2 heterocycles. The average molecular weight is 374 g/mol. The standard InChI is InChI=1S/C20H27N3O2S/c1-20(2,3)19-18(14-22(21-19)16-9-5-6-10-16)26(24,25)23-13-12-15-8-4-7-11-17(15)23/h4,7-8,11,14,16H,5-6,9-10,12-13H2,1-3H3. The van der Waals surface area contributed by atoms with Crippen molar-refractivity contribution in [2.45, 2.75) is 69.2 Å². The summed E-state index contributed by atoms with van der Waals surface area (Å²) >= 11 is 0. The van der Waals surface area contributed by atoms with Crippen molar-refractivity contribution in [1.82, 2.24) is 9.78 Å². The summed E-state index contributed by atoms with van der Waals surface area (Å²) in [7, 11) is -3.62. The first-order valence-electron chi connectivity index (χ1n) is 9.49. The van der Waals surface area contributed by atoms with Crippen molar-refractivity contribution in [1.29, 1.82) is 0 Å². The minimum Gasteiger partial charge on any atom is -0.268 e.